The summed E-state index contributed by atoms with van der Waals surface area (Å²) >= 11 is 10.9. The molecule has 0 atom stereocenters. The van der Waals surface area contributed by atoms with Crippen molar-refractivity contribution in [2.24, 2.45) is 4.99 Å². The van der Waals surface area contributed by atoms with E-state index in [9.17, 15) is 9.18 Å². The van der Waals surface area contributed by atoms with Gasteiger partial charge in [-0.3, -0.25) is 4.79 Å². The lowest BCUT2D eigenvalue weighted by Gasteiger charge is -2.09. The first-order chi connectivity index (χ1) is 15.4. The number of aliphatic imine (C=N–C) groups is 1. The molecule has 0 bridgehead atoms. The van der Waals surface area contributed by atoms with Crippen molar-refractivity contribution in [3.05, 3.63) is 97.6 Å². The van der Waals surface area contributed by atoms with Crippen molar-refractivity contribution in [2.45, 2.75) is 13.5 Å². The zero-order chi connectivity index (χ0) is 22.7. The van der Waals surface area contributed by atoms with Crippen molar-refractivity contribution < 1.29 is 13.9 Å². The number of carbonyl (C=O) groups is 1. The minimum absolute atomic E-state index is 0.207. The maximum absolute atomic E-state index is 13.0. The van der Waals surface area contributed by atoms with E-state index in [0.29, 0.717) is 33.1 Å². The van der Waals surface area contributed by atoms with E-state index < -0.39 is 0 Å². The zero-order valence-electron chi connectivity index (χ0n) is 16.9. The van der Waals surface area contributed by atoms with Gasteiger partial charge in [0.05, 0.1) is 15.1 Å². The Morgan fingerprint density at radius 2 is 1.97 bits per heavy atom. The van der Waals surface area contributed by atoms with Gasteiger partial charge in [-0.25, -0.2) is 9.38 Å². The van der Waals surface area contributed by atoms with Gasteiger partial charge in [0.2, 0.25) is 0 Å². The highest BCUT2D eigenvalue weighted by molar-refractivity contribution is 9.10. The first-order valence-electron chi connectivity index (χ1n) is 9.60. The average molecular weight is 532 g/mol. The van der Waals surface area contributed by atoms with Crippen LogP contribution in [0.5, 0.6) is 5.75 Å². The standard InChI is InChI=1S/C24H17BrClFN2O2S/c1-14-19(26)3-2-4-20(14)28-24-29-23(30)22(32-24)12-16-7-10-21(18(25)11-16)31-13-15-5-8-17(27)9-6-15/h2-12H,13H2,1H3,(H,28,29,30)/b22-12-. The van der Waals surface area contributed by atoms with E-state index in [2.05, 4.69) is 26.2 Å². The monoisotopic (exact) mass is 530 g/mol. The number of nitrogens with one attached hydrogen (secondary N) is 1. The van der Waals surface area contributed by atoms with Gasteiger partial charge in [0, 0.05) is 5.02 Å². The molecule has 1 N–H and O–H groups in total. The predicted molar refractivity (Wildman–Crippen MR) is 132 cm³/mol. The van der Waals surface area contributed by atoms with Gasteiger partial charge in [-0.2, -0.15) is 0 Å². The van der Waals surface area contributed by atoms with Gasteiger partial charge in [-0.05, 0) is 93.8 Å². The van der Waals surface area contributed by atoms with Crippen molar-refractivity contribution in [1.29, 1.82) is 0 Å². The van der Waals surface area contributed by atoms with Crippen LogP contribution in [0.1, 0.15) is 16.7 Å². The average Bonchev–Trinajstić information content (AvgIpc) is 3.10. The number of amides is 1. The van der Waals surface area contributed by atoms with Gasteiger partial charge in [-0.15, -0.1) is 0 Å². The number of rotatable bonds is 5. The molecule has 8 heteroatoms. The van der Waals surface area contributed by atoms with Crippen LogP contribution in [0.4, 0.5) is 10.1 Å². The minimum atomic E-state index is -0.281. The number of halogens is 3. The summed E-state index contributed by atoms with van der Waals surface area (Å²) in [6, 6.07) is 17.2. The van der Waals surface area contributed by atoms with E-state index in [-0.39, 0.29) is 11.7 Å². The van der Waals surface area contributed by atoms with Gasteiger partial charge in [-0.1, -0.05) is 35.9 Å². The first-order valence-corrected chi connectivity index (χ1v) is 11.6. The highest BCUT2D eigenvalue weighted by atomic mass is 79.9. The number of ether oxygens (including phenoxy) is 1. The van der Waals surface area contributed by atoms with E-state index in [0.717, 1.165) is 21.2 Å². The molecule has 0 aliphatic carbocycles. The Morgan fingerprint density at radius 1 is 1.19 bits per heavy atom. The van der Waals surface area contributed by atoms with E-state index in [4.69, 9.17) is 16.3 Å². The van der Waals surface area contributed by atoms with Crippen LogP contribution in [0.3, 0.4) is 0 Å². The second kappa shape index (κ2) is 9.90. The maximum atomic E-state index is 13.0. The molecule has 32 heavy (non-hydrogen) atoms. The Balaban J connectivity index is 1.47. The van der Waals surface area contributed by atoms with Gasteiger partial charge < -0.3 is 10.1 Å². The molecule has 3 aromatic rings. The van der Waals surface area contributed by atoms with Gasteiger partial charge in [0.15, 0.2) is 5.17 Å². The molecule has 0 radical (unpaired) electrons. The van der Waals surface area contributed by atoms with Gasteiger partial charge >= 0.3 is 0 Å². The van der Waals surface area contributed by atoms with Crippen LogP contribution in [0.15, 0.2) is 75.0 Å². The molecule has 0 aromatic heterocycles. The summed E-state index contributed by atoms with van der Waals surface area (Å²) in [5, 5.41) is 3.92. The normalized spacial score (nSPS) is 15.9. The molecule has 1 heterocycles. The predicted octanol–water partition coefficient (Wildman–Crippen LogP) is 7.02. The number of hydrogen-bond acceptors (Lipinski definition) is 4. The Hall–Kier alpha value is -2.61. The van der Waals surface area contributed by atoms with Crippen molar-refractivity contribution in [3.8, 4) is 5.75 Å². The smallest absolute Gasteiger partial charge is 0.264 e. The van der Waals surface area contributed by atoms with E-state index in [1.807, 2.05) is 37.3 Å². The second-order valence-electron chi connectivity index (χ2n) is 6.97. The molecule has 4 rings (SSSR count). The lowest BCUT2D eigenvalue weighted by Crippen LogP contribution is -2.19. The van der Waals surface area contributed by atoms with E-state index in [1.165, 1.54) is 23.9 Å². The molecule has 3 aromatic carbocycles. The van der Waals surface area contributed by atoms with Crippen LogP contribution in [0.25, 0.3) is 6.08 Å². The topological polar surface area (TPSA) is 50.7 Å². The van der Waals surface area contributed by atoms with Crippen LogP contribution in [0.2, 0.25) is 5.02 Å². The molecule has 1 aliphatic rings. The van der Waals surface area contributed by atoms with Gasteiger partial charge in [0.1, 0.15) is 18.2 Å². The van der Waals surface area contributed by atoms with Crippen molar-refractivity contribution in [1.82, 2.24) is 5.32 Å². The third kappa shape index (κ3) is 5.41. The number of nitrogens with zero attached hydrogens (tertiary/aromatic N) is 1. The van der Waals surface area contributed by atoms with Gasteiger partial charge in [0.25, 0.3) is 5.91 Å². The molecular weight excluding hydrogens is 515 g/mol. The Morgan fingerprint density at radius 3 is 2.72 bits per heavy atom. The quantitative estimate of drug-likeness (QED) is 0.360. The second-order valence-corrected chi connectivity index (χ2v) is 9.26. The van der Waals surface area contributed by atoms with Crippen LogP contribution >= 0.6 is 39.3 Å². The molecule has 4 nitrogen and oxygen atoms in total. The number of thioether (sulfide) groups is 1. The lowest BCUT2D eigenvalue weighted by atomic mass is 10.2. The summed E-state index contributed by atoms with van der Waals surface area (Å²) in [4.78, 5) is 17.5. The zero-order valence-corrected chi connectivity index (χ0v) is 20.0. The molecule has 1 aliphatic heterocycles. The van der Waals surface area contributed by atoms with Crippen LogP contribution in [0, 0.1) is 12.7 Å². The van der Waals surface area contributed by atoms with Crippen molar-refractivity contribution in [3.63, 3.8) is 0 Å². The summed E-state index contributed by atoms with van der Waals surface area (Å²) in [6.07, 6.45) is 1.79. The van der Waals surface area contributed by atoms with E-state index in [1.54, 1.807) is 24.3 Å². The molecule has 1 saturated heterocycles. The fraction of sp³-hybridized carbons (Fsp3) is 0.0833. The summed E-state index contributed by atoms with van der Waals surface area (Å²) in [5.41, 5.74) is 3.27. The van der Waals surface area contributed by atoms with Crippen LogP contribution < -0.4 is 10.1 Å². The SMILES string of the molecule is Cc1c(Cl)cccc1N=C1NC(=O)/C(=C/c2ccc(OCc3ccc(F)cc3)c(Br)c2)S1. The number of amidine groups is 1. The maximum Gasteiger partial charge on any atom is 0.264 e. The van der Waals surface area contributed by atoms with Crippen molar-refractivity contribution in [2.75, 3.05) is 0 Å². The lowest BCUT2D eigenvalue weighted by molar-refractivity contribution is -0.115. The fourth-order valence-corrected chi connectivity index (χ4v) is 4.44. The molecule has 162 valence electrons. The molecule has 1 fully saturated rings. The minimum Gasteiger partial charge on any atom is -0.488 e. The third-order valence-electron chi connectivity index (χ3n) is 4.67. The molecule has 0 spiro atoms. The molecular formula is C24H17BrClFN2O2S. The molecule has 0 saturated carbocycles. The van der Waals surface area contributed by atoms with Crippen molar-refractivity contribution >= 4 is 62.1 Å². The Labute approximate surface area is 202 Å². The summed E-state index contributed by atoms with van der Waals surface area (Å²) in [5.74, 6) is 0.164. The summed E-state index contributed by atoms with van der Waals surface area (Å²) in [6.45, 7) is 2.21. The Bertz CT molecular complexity index is 1250. The largest absolute Gasteiger partial charge is 0.488 e. The number of carbonyl (C=O) groups excluding carboxylic acids is 1. The summed E-state index contributed by atoms with van der Waals surface area (Å²) in [7, 11) is 0. The first kappa shape index (κ1) is 22.6. The Kier molecular flexibility index (Phi) is 6.98. The molecule has 0 unspecified atom stereocenters. The molecule has 1 amide bonds. The highest BCUT2D eigenvalue weighted by Crippen LogP contribution is 2.33. The fourth-order valence-electron chi connectivity index (χ4n) is 2.92. The van der Waals surface area contributed by atoms with Crippen LogP contribution in [-0.4, -0.2) is 11.1 Å². The van der Waals surface area contributed by atoms with Crippen LogP contribution in [-0.2, 0) is 11.4 Å². The summed E-state index contributed by atoms with van der Waals surface area (Å²) < 4.78 is 19.6. The highest BCUT2D eigenvalue weighted by Gasteiger charge is 2.24. The van der Waals surface area contributed by atoms with E-state index >= 15 is 0 Å². The third-order valence-corrected chi connectivity index (χ3v) is 6.61. The number of hydrogen-bond donors (Lipinski definition) is 1. The number of benzene rings is 3.